The summed E-state index contributed by atoms with van der Waals surface area (Å²) in [7, 11) is 0. The number of ether oxygens (including phenoxy) is 1. The van der Waals surface area contributed by atoms with Crippen molar-refractivity contribution in [2.45, 2.75) is 19.1 Å². The molecule has 0 aliphatic rings. The van der Waals surface area contributed by atoms with E-state index in [0.29, 0.717) is 13.0 Å². The fraction of sp³-hybridized carbons (Fsp3) is 0.188. The van der Waals surface area contributed by atoms with Gasteiger partial charge in [0.05, 0.1) is 0 Å². The van der Waals surface area contributed by atoms with Crippen LogP contribution in [0.25, 0.3) is 0 Å². The van der Waals surface area contributed by atoms with E-state index in [1.165, 1.54) is 0 Å². The third-order valence-corrected chi connectivity index (χ3v) is 3.54. The number of carboxylic acids is 1. The van der Waals surface area contributed by atoms with E-state index in [1.54, 1.807) is 0 Å². The first-order chi connectivity index (χ1) is 10.0. The molecule has 0 bridgehead atoms. The molecule has 1 unspecified atom stereocenters. The molecule has 0 saturated carbocycles. The van der Waals surface area contributed by atoms with Crippen molar-refractivity contribution >= 4 is 21.9 Å². The predicted octanol–water partition coefficient (Wildman–Crippen LogP) is 2.98. The SMILES string of the molecule is NC(Cc1ccc(OCc2ccc(Br)cc2)cc1)C(=O)O. The Morgan fingerprint density at radius 1 is 1.10 bits per heavy atom. The van der Waals surface area contributed by atoms with E-state index in [4.69, 9.17) is 15.6 Å². The Kier molecular flexibility index (Phi) is 5.36. The highest BCUT2D eigenvalue weighted by Crippen LogP contribution is 2.16. The largest absolute Gasteiger partial charge is 0.489 e. The lowest BCUT2D eigenvalue weighted by atomic mass is 10.1. The van der Waals surface area contributed by atoms with Crippen molar-refractivity contribution in [1.29, 1.82) is 0 Å². The van der Waals surface area contributed by atoms with Crippen molar-refractivity contribution in [3.05, 3.63) is 64.1 Å². The lowest BCUT2D eigenvalue weighted by molar-refractivity contribution is -0.138. The molecule has 0 radical (unpaired) electrons. The molecule has 4 nitrogen and oxygen atoms in total. The number of benzene rings is 2. The normalized spacial score (nSPS) is 11.9. The van der Waals surface area contributed by atoms with Gasteiger partial charge in [-0.2, -0.15) is 0 Å². The monoisotopic (exact) mass is 349 g/mol. The average molecular weight is 350 g/mol. The zero-order chi connectivity index (χ0) is 15.2. The van der Waals surface area contributed by atoms with Crippen LogP contribution >= 0.6 is 15.9 Å². The van der Waals surface area contributed by atoms with Crippen LogP contribution in [0.15, 0.2) is 53.0 Å². The van der Waals surface area contributed by atoms with E-state index >= 15 is 0 Å². The summed E-state index contributed by atoms with van der Waals surface area (Å²) in [6.07, 6.45) is 0.308. The number of hydrogen-bond donors (Lipinski definition) is 2. The van der Waals surface area contributed by atoms with Gasteiger partial charge in [0, 0.05) is 4.47 Å². The molecule has 0 aliphatic carbocycles. The molecule has 0 aromatic heterocycles. The van der Waals surface area contributed by atoms with E-state index in [1.807, 2.05) is 48.5 Å². The summed E-state index contributed by atoms with van der Waals surface area (Å²) in [5.74, 6) is -0.254. The molecule has 2 rings (SSSR count). The van der Waals surface area contributed by atoms with Crippen molar-refractivity contribution < 1.29 is 14.6 Å². The maximum absolute atomic E-state index is 10.7. The summed E-state index contributed by atoms with van der Waals surface area (Å²) in [6, 6.07) is 14.4. The van der Waals surface area contributed by atoms with E-state index < -0.39 is 12.0 Å². The van der Waals surface area contributed by atoms with Crippen LogP contribution in [0.1, 0.15) is 11.1 Å². The van der Waals surface area contributed by atoms with Gasteiger partial charge in [0.15, 0.2) is 0 Å². The van der Waals surface area contributed by atoms with E-state index in [0.717, 1.165) is 21.3 Å². The smallest absolute Gasteiger partial charge is 0.320 e. The van der Waals surface area contributed by atoms with Crippen molar-refractivity contribution in [2.75, 3.05) is 0 Å². The van der Waals surface area contributed by atoms with Crippen LogP contribution in [0, 0.1) is 0 Å². The second-order valence-corrected chi connectivity index (χ2v) is 5.62. The number of halogens is 1. The van der Waals surface area contributed by atoms with Crippen molar-refractivity contribution in [1.82, 2.24) is 0 Å². The predicted molar refractivity (Wildman–Crippen MR) is 84.2 cm³/mol. The van der Waals surface area contributed by atoms with Gasteiger partial charge in [-0.05, 0) is 41.8 Å². The topological polar surface area (TPSA) is 72.5 Å². The van der Waals surface area contributed by atoms with Crippen LogP contribution in [-0.4, -0.2) is 17.1 Å². The lowest BCUT2D eigenvalue weighted by Crippen LogP contribution is -2.32. The third kappa shape index (κ3) is 4.88. The van der Waals surface area contributed by atoms with Gasteiger partial charge in [-0.1, -0.05) is 40.2 Å². The van der Waals surface area contributed by atoms with Gasteiger partial charge in [-0.25, -0.2) is 0 Å². The zero-order valence-corrected chi connectivity index (χ0v) is 12.9. The molecule has 0 fully saturated rings. The fourth-order valence-corrected chi connectivity index (χ4v) is 2.07. The molecular weight excluding hydrogens is 334 g/mol. The number of carboxylic acid groups (broad SMARTS) is 1. The van der Waals surface area contributed by atoms with Crippen molar-refractivity contribution in [3.63, 3.8) is 0 Å². The Morgan fingerprint density at radius 3 is 2.24 bits per heavy atom. The summed E-state index contributed by atoms with van der Waals surface area (Å²) in [5, 5.41) is 8.77. The van der Waals surface area contributed by atoms with Gasteiger partial charge in [0.2, 0.25) is 0 Å². The van der Waals surface area contributed by atoms with Crippen LogP contribution in [0.2, 0.25) is 0 Å². The number of hydrogen-bond acceptors (Lipinski definition) is 3. The summed E-state index contributed by atoms with van der Waals surface area (Å²) in [6.45, 7) is 0.487. The van der Waals surface area contributed by atoms with Crippen LogP contribution in [0.3, 0.4) is 0 Å². The van der Waals surface area contributed by atoms with Crippen LogP contribution in [0.4, 0.5) is 0 Å². The van der Waals surface area contributed by atoms with Crippen LogP contribution in [-0.2, 0) is 17.8 Å². The maximum atomic E-state index is 10.7. The molecule has 0 spiro atoms. The van der Waals surface area contributed by atoms with E-state index in [9.17, 15) is 4.79 Å². The molecule has 110 valence electrons. The number of aliphatic carboxylic acids is 1. The van der Waals surface area contributed by atoms with Gasteiger partial charge >= 0.3 is 5.97 Å². The second kappa shape index (κ2) is 7.24. The molecule has 0 aliphatic heterocycles. The van der Waals surface area contributed by atoms with Gasteiger partial charge in [-0.3, -0.25) is 4.79 Å². The van der Waals surface area contributed by atoms with E-state index in [-0.39, 0.29) is 0 Å². The van der Waals surface area contributed by atoms with E-state index in [2.05, 4.69) is 15.9 Å². The standard InChI is InChI=1S/C16H16BrNO3/c17-13-5-1-12(2-6-13)10-21-14-7-3-11(4-8-14)9-15(18)16(19)20/h1-8,15H,9-10,18H2,(H,19,20). The van der Waals surface area contributed by atoms with Gasteiger partial charge in [-0.15, -0.1) is 0 Å². The van der Waals surface area contributed by atoms with Crippen molar-refractivity contribution in [3.8, 4) is 5.75 Å². The average Bonchev–Trinajstić information content (AvgIpc) is 2.48. The summed E-state index contributed by atoms with van der Waals surface area (Å²) in [5.41, 5.74) is 7.45. The third-order valence-electron chi connectivity index (χ3n) is 3.01. The summed E-state index contributed by atoms with van der Waals surface area (Å²) >= 11 is 3.39. The quantitative estimate of drug-likeness (QED) is 0.840. The number of rotatable bonds is 6. The van der Waals surface area contributed by atoms with Crippen LogP contribution in [0.5, 0.6) is 5.75 Å². The molecule has 3 N–H and O–H groups in total. The molecule has 0 heterocycles. The van der Waals surface area contributed by atoms with Gasteiger partial charge in [0.1, 0.15) is 18.4 Å². The lowest BCUT2D eigenvalue weighted by Gasteiger charge is -2.09. The summed E-state index contributed by atoms with van der Waals surface area (Å²) < 4.78 is 6.71. The first-order valence-corrected chi connectivity index (χ1v) is 7.28. The maximum Gasteiger partial charge on any atom is 0.320 e. The Hall–Kier alpha value is -1.85. The number of carbonyl (C=O) groups is 1. The first-order valence-electron chi connectivity index (χ1n) is 6.49. The first kappa shape index (κ1) is 15.5. The molecular formula is C16H16BrNO3. The zero-order valence-electron chi connectivity index (χ0n) is 11.3. The highest BCUT2D eigenvalue weighted by atomic mass is 79.9. The molecule has 0 saturated heterocycles. The minimum absolute atomic E-state index is 0.308. The molecule has 21 heavy (non-hydrogen) atoms. The molecule has 2 aromatic rings. The molecule has 1 atom stereocenters. The second-order valence-electron chi connectivity index (χ2n) is 4.71. The fourth-order valence-electron chi connectivity index (χ4n) is 1.81. The summed E-state index contributed by atoms with van der Waals surface area (Å²) in [4.78, 5) is 10.7. The minimum Gasteiger partial charge on any atom is -0.489 e. The Morgan fingerprint density at radius 2 is 1.67 bits per heavy atom. The Bertz CT molecular complexity index is 596. The minimum atomic E-state index is -0.995. The molecule has 5 heteroatoms. The van der Waals surface area contributed by atoms with Gasteiger partial charge < -0.3 is 15.6 Å². The molecule has 2 aromatic carbocycles. The molecule has 0 amide bonds. The highest BCUT2D eigenvalue weighted by molar-refractivity contribution is 9.10. The Labute approximate surface area is 131 Å². The Balaban J connectivity index is 1.90. The number of nitrogens with two attached hydrogens (primary N) is 1. The highest BCUT2D eigenvalue weighted by Gasteiger charge is 2.11. The van der Waals surface area contributed by atoms with Gasteiger partial charge in [0.25, 0.3) is 0 Å². The van der Waals surface area contributed by atoms with Crippen LogP contribution < -0.4 is 10.5 Å². The van der Waals surface area contributed by atoms with Crippen molar-refractivity contribution in [2.24, 2.45) is 5.73 Å².